The smallest absolute Gasteiger partial charge is 0.379 e. The van der Waals surface area contributed by atoms with Crippen LogP contribution in [0.1, 0.15) is 42.1 Å². The Morgan fingerprint density at radius 1 is 1.23 bits per heavy atom. The summed E-state index contributed by atoms with van der Waals surface area (Å²) < 4.78 is 69.4. The number of benzene rings is 1. The number of fused-ring (bicyclic) bond motifs is 1. The van der Waals surface area contributed by atoms with E-state index < -0.39 is 30.8 Å². The van der Waals surface area contributed by atoms with E-state index in [-0.39, 0.29) is 30.0 Å². The second-order valence-corrected chi connectivity index (χ2v) is 10.8. The summed E-state index contributed by atoms with van der Waals surface area (Å²) in [7, 11) is 0. The number of hydrogen-bond acceptors (Lipinski definition) is 8. The number of carbonyl (C=O) groups is 1. The van der Waals surface area contributed by atoms with Crippen molar-refractivity contribution in [2.45, 2.75) is 57.3 Å². The van der Waals surface area contributed by atoms with Gasteiger partial charge in [-0.25, -0.2) is 4.39 Å². The minimum absolute atomic E-state index is 0.0186. The average Bonchev–Trinajstić information content (AvgIpc) is 3.79. The summed E-state index contributed by atoms with van der Waals surface area (Å²) >= 11 is 0. The molecule has 0 radical (unpaired) electrons. The van der Waals surface area contributed by atoms with Crippen LogP contribution in [0.3, 0.4) is 0 Å². The van der Waals surface area contributed by atoms with Crippen molar-refractivity contribution in [1.82, 2.24) is 34.7 Å². The van der Waals surface area contributed by atoms with Crippen molar-refractivity contribution in [2.24, 2.45) is 0 Å². The number of rotatable bonds is 9. The molecule has 5 heterocycles. The van der Waals surface area contributed by atoms with Gasteiger partial charge in [-0.15, -0.1) is 0 Å². The van der Waals surface area contributed by atoms with Crippen LogP contribution in [0.2, 0.25) is 0 Å². The third-order valence-corrected chi connectivity index (χ3v) is 7.94. The van der Waals surface area contributed by atoms with E-state index in [0.717, 1.165) is 24.1 Å². The lowest BCUT2D eigenvalue weighted by Crippen LogP contribution is -2.47. The molecule has 2 aliphatic heterocycles. The number of likely N-dealkylation sites (tertiary alicyclic amines) is 1. The van der Waals surface area contributed by atoms with Crippen LogP contribution in [0.4, 0.5) is 23.2 Å². The first-order chi connectivity index (χ1) is 20.7. The van der Waals surface area contributed by atoms with Gasteiger partial charge in [0.05, 0.1) is 48.2 Å². The molecule has 0 saturated carbocycles. The first-order valence-electron chi connectivity index (χ1n) is 14.2. The molecule has 2 fully saturated rings. The first kappa shape index (κ1) is 29.1. The molecule has 11 nitrogen and oxygen atoms in total. The summed E-state index contributed by atoms with van der Waals surface area (Å²) in [6.45, 7) is 3.51. The molecule has 230 valence electrons. The zero-order valence-corrected chi connectivity index (χ0v) is 23.5. The van der Waals surface area contributed by atoms with Gasteiger partial charge in [-0.2, -0.15) is 23.3 Å². The van der Waals surface area contributed by atoms with Gasteiger partial charge in [-0.3, -0.25) is 9.48 Å². The number of ether oxygens (including phenoxy) is 1. The lowest BCUT2D eigenvalue weighted by molar-refractivity contribution is -0.139. The largest absolute Gasteiger partial charge is 0.406 e. The normalized spacial score (nSPS) is 21.5. The molecule has 43 heavy (non-hydrogen) atoms. The highest BCUT2D eigenvalue weighted by atomic mass is 19.4. The van der Waals surface area contributed by atoms with Crippen molar-refractivity contribution in [3.8, 4) is 11.5 Å². The Kier molecular flexibility index (Phi) is 8.09. The van der Waals surface area contributed by atoms with Gasteiger partial charge in [-0.05, 0) is 37.6 Å². The molecule has 15 heteroatoms. The Morgan fingerprint density at radius 3 is 2.84 bits per heavy atom. The van der Waals surface area contributed by atoms with Gasteiger partial charge in [0, 0.05) is 37.0 Å². The predicted octanol–water partition coefficient (Wildman–Crippen LogP) is 4.19. The topological polar surface area (TPSA) is 115 Å². The van der Waals surface area contributed by atoms with Crippen LogP contribution in [-0.2, 0) is 17.8 Å². The maximum atomic E-state index is 14.9. The highest BCUT2D eigenvalue weighted by molar-refractivity contribution is 5.96. The highest BCUT2D eigenvalue weighted by Gasteiger charge is 2.32. The zero-order chi connectivity index (χ0) is 30.1. The number of nitrogens with one attached hydrogen (secondary N) is 2. The molecule has 4 aromatic rings. The first-order valence-corrected chi connectivity index (χ1v) is 14.2. The van der Waals surface area contributed by atoms with Gasteiger partial charge in [0.2, 0.25) is 11.7 Å². The van der Waals surface area contributed by atoms with Crippen molar-refractivity contribution in [3.63, 3.8) is 0 Å². The van der Waals surface area contributed by atoms with Crippen molar-refractivity contribution < 1.29 is 31.6 Å². The van der Waals surface area contributed by atoms with Gasteiger partial charge < -0.3 is 29.4 Å². The van der Waals surface area contributed by atoms with Crippen molar-refractivity contribution in [1.29, 1.82) is 0 Å². The standard InChI is InChI=1S/C28H32F4N8O3/c1-2-38-8-6-22(20(29)14-38)35-21-4-3-5-23-19(21)10-24(39(23)16-28(30,31)32)26-36-25(43-37-26)12-33-27(41)17-11-34-40(13-17)18-7-9-42-15-18/h3-5,10-11,13,18,20,22,35H,2,6-9,12,14-16H2,1H3,(H,33,41)/t18?,20-,22+/m0/s1. The molecule has 2 aliphatic rings. The molecule has 3 aromatic heterocycles. The van der Waals surface area contributed by atoms with Gasteiger partial charge in [0.1, 0.15) is 12.7 Å². The molecule has 0 spiro atoms. The molecule has 0 aliphatic carbocycles. The SMILES string of the molecule is CCN1CC[C@@H](Nc2cccc3c2cc(-c2noc(CNC(=O)c4cnn(C5CCOC5)c4)n2)n3CC(F)(F)F)[C@@H](F)C1. The molecule has 2 N–H and O–H groups in total. The number of aromatic nitrogens is 5. The Labute approximate surface area is 244 Å². The number of piperidine rings is 1. The van der Waals surface area contributed by atoms with Crippen LogP contribution in [0.15, 0.2) is 41.2 Å². The van der Waals surface area contributed by atoms with E-state index in [9.17, 15) is 22.4 Å². The van der Waals surface area contributed by atoms with E-state index in [1.165, 1.54) is 6.20 Å². The fourth-order valence-corrected chi connectivity index (χ4v) is 5.64. The summed E-state index contributed by atoms with van der Waals surface area (Å²) in [4.78, 5) is 19.0. The Balaban J connectivity index is 1.22. The average molecular weight is 605 g/mol. The predicted molar refractivity (Wildman–Crippen MR) is 148 cm³/mol. The van der Waals surface area contributed by atoms with E-state index in [2.05, 4.69) is 25.9 Å². The molecule has 3 atom stereocenters. The summed E-state index contributed by atoms with van der Waals surface area (Å²) in [6, 6.07) is 6.08. The number of amides is 1. The quantitative estimate of drug-likeness (QED) is 0.274. The van der Waals surface area contributed by atoms with Crippen LogP contribution in [0.25, 0.3) is 22.4 Å². The molecular formula is C28H32F4N8O3. The van der Waals surface area contributed by atoms with Crippen molar-refractivity contribution in [2.75, 3.05) is 38.2 Å². The summed E-state index contributed by atoms with van der Waals surface area (Å²) in [5.74, 6) is -0.461. The number of hydrogen-bond donors (Lipinski definition) is 2. The number of halogens is 4. The molecule has 6 rings (SSSR count). The van der Waals surface area contributed by atoms with E-state index in [0.29, 0.717) is 48.3 Å². The maximum absolute atomic E-state index is 14.9. The fraction of sp³-hybridized carbons (Fsp3) is 0.500. The second kappa shape index (κ2) is 12.0. The zero-order valence-electron chi connectivity index (χ0n) is 23.5. The van der Waals surface area contributed by atoms with Crippen molar-refractivity contribution >= 4 is 22.5 Å². The van der Waals surface area contributed by atoms with Gasteiger partial charge in [0.15, 0.2) is 0 Å². The minimum atomic E-state index is -4.53. The van der Waals surface area contributed by atoms with Crippen molar-refractivity contribution in [3.05, 3.63) is 48.1 Å². The minimum Gasteiger partial charge on any atom is -0.379 e. The fourth-order valence-electron chi connectivity index (χ4n) is 5.64. The maximum Gasteiger partial charge on any atom is 0.406 e. The molecule has 2 saturated heterocycles. The van der Waals surface area contributed by atoms with Crippen LogP contribution < -0.4 is 10.6 Å². The third kappa shape index (κ3) is 6.37. The molecule has 0 bridgehead atoms. The highest BCUT2D eigenvalue weighted by Crippen LogP contribution is 2.35. The van der Waals surface area contributed by atoms with E-state index in [1.807, 2.05) is 11.8 Å². The molecule has 1 aromatic carbocycles. The second-order valence-electron chi connectivity index (χ2n) is 10.8. The third-order valence-electron chi connectivity index (χ3n) is 7.94. The van der Waals surface area contributed by atoms with Crippen LogP contribution in [-0.4, -0.2) is 86.5 Å². The van der Waals surface area contributed by atoms with Crippen LogP contribution >= 0.6 is 0 Å². The van der Waals surface area contributed by atoms with Crippen LogP contribution in [0.5, 0.6) is 0 Å². The number of anilines is 1. The van der Waals surface area contributed by atoms with E-state index in [4.69, 9.17) is 9.26 Å². The Morgan fingerprint density at radius 2 is 2.09 bits per heavy atom. The monoisotopic (exact) mass is 604 g/mol. The Hall–Kier alpha value is -3.98. The van der Waals surface area contributed by atoms with Gasteiger partial charge in [0.25, 0.3) is 5.91 Å². The summed E-state index contributed by atoms with van der Waals surface area (Å²) in [5, 5.41) is 14.5. The van der Waals surface area contributed by atoms with Gasteiger partial charge >= 0.3 is 6.18 Å². The van der Waals surface area contributed by atoms with E-state index in [1.54, 1.807) is 35.1 Å². The summed E-state index contributed by atoms with van der Waals surface area (Å²) in [6.07, 6.45) is -1.19. The molecular weight excluding hydrogens is 572 g/mol. The molecule has 1 unspecified atom stereocenters. The Bertz CT molecular complexity index is 1580. The number of nitrogens with zero attached hydrogens (tertiary/aromatic N) is 6. The van der Waals surface area contributed by atoms with Crippen LogP contribution in [0, 0.1) is 0 Å². The van der Waals surface area contributed by atoms with E-state index >= 15 is 0 Å². The number of alkyl halides is 4. The lowest BCUT2D eigenvalue weighted by atomic mass is 10.0. The molecule has 1 amide bonds. The number of carbonyl (C=O) groups excluding carboxylic acids is 1. The van der Waals surface area contributed by atoms with Gasteiger partial charge in [-0.1, -0.05) is 18.1 Å². The summed E-state index contributed by atoms with van der Waals surface area (Å²) in [5.41, 5.74) is 1.24. The lowest BCUT2D eigenvalue weighted by Gasteiger charge is -2.35.